The number of unbranched alkanes of at least 4 members (excludes halogenated alkanes) is 5. The summed E-state index contributed by atoms with van der Waals surface area (Å²) in [5, 5.41) is 9.99. The lowest BCUT2D eigenvalue weighted by molar-refractivity contribution is -0.537. The molecular weight excluding hydrogens is 685 g/mol. The Hall–Kier alpha value is -6.01. The molecule has 0 radical (unpaired) electrons. The summed E-state index contributed by atoms with van der Waals surface area (Å²) in [7, 11) is 0. The van der Waals surface area contributed by atoms with Gasteiger partial charge in [0.25, 0.3) is 0 Å². The third kappa shape index (κ3) is 7.48. The molecule has 1 aliphatic heterocycles. The number of nitrogens with two attached hydrogens (primary N) is 2. The number of aromatic nitrogens is 1. The molecule has 284 valence electrons. The van der Waals surface area contributed by atoms with Crippen LogP contribution in [0.1, 0.15) is 67.7 Å². The van der Waals surface area contributed by atoms with Crippen molar-refractivity contribution in [2.24, 2.45) is 0 Å². The maximum atomic E-state index is 6.44. The predicted octanol–water partition coefficient (Wildman–Crippen LogP) is 11.1. The molecule has 1 aromatic heterocycles. The Morgan fingerprint density at radius 1 is 0.607 bits per heavy atom. The minimum Gasteiger partial charge on any atom is -0.398 e. The first-order valence-corrected chi connectivity index (χ1v) is 20.3. The fourth-order valence-electron chi connectivity index (χ4n) is 8.44. The summed E-state index contributed by atoms with van der Waals surface area (Å²) in [5.41, 5.74) is 30.0. The van der Waals surface area contributed by atoms with Crippen LogP contribution in [0.25, 0.3) is 33.6 Å². The van der Waals surface area contributed by atoms with Crippen molar-refractivity contribution in [3.63, 3.8) is 0 Å². The number of hydrogen-bond donors (Lipinski definition) is 4. The van der Waals surface area contributed by atoms with Gasteiger partial charge in [-0.05, 0) is 129 Å². The van der Waals surface area contributed by atoms with E-state index in [1.54, 1.807) is 0 Å². The zero-order valence-electron chi connectivity index (χ0n) is 33.3. The van der Waals surface area contributed by atoms with Gasteiger partial charge < -0.3 is 27.0 Å². The smallest absolute Gasteiger partial charge is 0.221 e. The van der Waals surface area contributed by atoms with Crippen LogP contribution >= 0.6 is 0 Å². The first kappa shape index (κ1) is 36.9. The Labute approximate surface area is 332 Å². The highest BCUT2D eigenvalue weighted by Gasteiger charge is 2.31. The largest absolute Gasteiger partial charge is 0.398 e. The number of aryl methyl sites for hydroxylation is 3. The standard InChI is InChI=1S/C50H54N6/c1-33-23-37-27-39-25-35(3)45(31-49(39)55(47(37)29-43(33)51)41-17-11-9-12-18-41)53-21-15-7-5-6-8-16-22-54-46-32-50-40(26-36(46)4)28-38-24-34(2)44(52)30-48(38)56(50)42-19-13-10-14-20-42/h9-14,17-20,23-32,49,53H,5-8,15-16,21-22,51H2,1-4H3,(H2,52,54)/p+1. The minimum absolute atomic E-state index is 0.110. The molecule has 8 rings (SSSR count). The third-order valence-electron chi connectivity index (χ3n) is 11.6. The van der Waals surface area contributed by atoms with Gasteiger partial charge in [-0.25, -0.2) is 0 Å². The van der Waals surface area contributed by atoms with Gasteiger partial charge in [0.2, 0.25) is 16.7 Å². The zero-order chi connectivity index (χ0) is 38.8. The second kappa shape index (κ2) is 16.0. The summed E-state index contributed by atoms with van der Waals surface area (Å²) >= 11 is 0. The van der Waals surface area contributed by atoms with E-state index >= 15 is 0 Å². The number of hydrogen-bond acceptors (Lipinski definition) is 5. The van der Waals surface area contributed by atoms with E-state index in [0.717, 1.165) is 65.3 Å². The number of para-hydroxylation sites is 2. The molecule has 6 heteroatoms. The fourth-order valence-corrected chi connectivity index (χ4v) is 8.44. The Bertz CT molecular complexity index is 2500. The molecule has 1 atom stereocenters. The number of allylic oxidation sites excluding steroid dienone is 1. The van der Waals surface area contributed by atoms with Crippen LogP contribution < -0.4 is 31.6 Å². The van der Waals surface area contributed by atoms with Gasteiger partial charge >= 0.3 is 0 Å². The normalized spacial score (nSPS) is 14.9. The van der Waals surface area contributed by atoms with E-state index in [9.17, 15) is 0 Å². The molecule has 6 nitrogen and oxygen atoms in total. The number of anilines is 5. The molecule has 1 unspecified atom stereocenters. The van der Waals surface area contributed by atoms with Crippen molar-refractivity contribution in [2.75, 3.05) is 34.8 Å². The number of nitrogens with zero attached hydrogens (tertiary/aromatic N) is 2. The van der Waals surface area contributed by atoms with Crippen LogP contribution in [0, 0.1) is 20.8 Å². The number of pyridine rings is 1. The van der Waals surface area contributed by atoms with E-state index in [4.69, 9.17) is 11.5 Å². The van der Waals surface area contributed by atoms with E-state index in [-0.39, 0.29) is 6.04 Å². The van der Waals surface area contributed by atoms with Gasteiger partial charge in [0.1, 0.15) is 0 Å². The molecule has 6 N–H and O–H groups in total. The van der Waals surface area contributed by atoms with E-state index in [2.05, 4.69) is 169 Å². The van der Waals surface area contributed by atoms with Crippen molar-refractivity contribution < 1.29 is 4.57 Å². The zero-order valence-corrected chi connectivity index (χ0v) is 33.3. The van der Waals surface area contributed by atoms with E-state index in [1.807, 2.05) is 0 Å². The molecule has 2 heterocycles. The third-order valence-corrected chi connectivity index (χ3v) is 11.6. The van der Waals surface area contributed by atoms with Crippen molar-refractivity contribution in [1.29, 1.82) is 0 Å². The molecule has 2 aliphatic rings. The quantitative estimate of drug-likeness (QED) is 0.0410. The van der Waals surface area contributed by atoms with Crippen LogP contribution in [0.2, 0.25) is 0 Å². The lowest BCUT2D eigenvalue weighted by Crippen LogP contribution is -2.36. The molecule has 0 amide bonds. The summed E-state index contributed by atoms with van der Waals surface area (Å²) in [6, 6.07) is 37.0. The fraction of sp³-hybridized carbons (Fsp3) is 0.260. The summed E-state index contributed by atoms with van der Waals surface area (Å²) < 4.78 is 2.35. The molecule has 0 saturated heterocycles. The van der Waals surface area contributed by atoms with Crippen LogP contribution in [0.3, 0.4) is 0 Å². The van der Waals surface area contributed by atoms with Gasteiger partial charge in [-0.3, -0.25) is 0 Å². The molecule has 0 bridgehead atoms. The van der Waals surface area contributed by atoms with Crippen molar-refractivity contribution in [3.8, 4) is 5.69 Å². The van der Waals surface area contributed by atoms with Crippen LogP contribution in [0.15, 0.2) is 132 Å². The highest BCUT2D eigenvalue weighted by Crippen LogP contribution is 2.43. The Morgan fingerprint density at radius 3 is 1.95 bits per heavy atom. The van der Waals surface area contributed by atoms with Crippen LogP contribution in [0.5, 0.6) is 0 Å². The van der Waals surface area contributed by atoms with Crippen LogP contribution in [0.4, 0.5) is 28.4 Å². The van der Waals surface area contributed by atoms with Crippen molar-refractivity contribution in [3.05, 3.63) is 154 Å². The molecular formula is C50H55N6+. The SMILES string of the molecule is CC1=CC2=Cc3cc(C)c(N)cc3N(c3ccccc3)C2C=C1NCCCCCCCCNc1cc2c(cc1C)cc1cc(C)c(N)cc1[n+]2-c1ccccc1. The number of benzene rings is 5. The van der Waals surface area contributed by atoms with Crippen molar-refractivity contribution >= 4 is 56.3 Å². The van der Waals surface area contributed by atoms with Gasteiger partial charge in [0, 0.05) is 76.6 Å². The van der Waals surface area contributed by atoms with Gasteiger partial charge in [-0.1, -0.05) is 68.2 Å². The number of nitrogen functional groups attached to an aromatic ring is 2. The monoisotopic (exact) mass is 739 g/mol. The molecule has 0 fully saturated rings. The summed E-state index contributed by atoms with van der Waals surface area (Å²) in [5.74, 6) is 0. The molecule has 6 aromatic rings. The summed E-state index contributed by atoms with van der Waals surface area (Å²) in [4.78, 5) is 2.43. The first-order valence-electron chi connectivity index (χ1n) is 20.3. The molecule has 5 aromatic carbocycles. The van der Waals surface area contributed by atoms with E-state index in [0.29, 0.717) is 0 Å². The molecule has 56 heavy (non-hydrogen) atoms. The van der Waals surface area contributed by atoms with Gasteiger partial charge in [0.15, 0.2) is 0 Å². The second-order valence-electron chi connectivity index (χ2n) is 15.8. The van der Waals surface area contributed by atoms with Gasteiger partial charge in [-0.15, -0.1) is 0 Å². The Morgan fingerprint density at radius 2 is 1.21 bits per heavy atom. The molecule has 1 aliphatic carbocycles. The van der Waals surface area contributed by atoms with E-state index < -0.39 is 0 Å². The van der Waals surface area contributed by atoms with Crippen molar-refractivity contribution in [1.82, 2.24) is 5.32 Å². The lowest BCUT2D eigenvalue weighted by Gasteiger charge is -2.40. The maximum Gasteiger partial charge on any atom is 0.221 e. The van der Waals surface area contributed by atoms with E-state index in [1.165, 1.54) is 81.3 Å². The average molecular weight is 740 g/mol. The number of fused-ring (bicyclic) bond motifs is 4. The summed E-state index contributed by atoms with van der Waals surface area (Å²) in [6.45, 7) is 10.5. The van der Waals surface area contributed by atoms with Crippen molar-refractivity contribution in [2.45, 2.75) is 72.3 Å². The first-order chi connectivity index (χ1) is 27.2. The minimum atomic E-state index is 0.110. The van der Waals surface area contributed by atoms with Gasteiger partial charge in [0.05, 0.1) is 11.7 Å². The molecule has 0 saturated carbocycles. The average Bonchev–Trinajstić information content (AvgIpc) is 3.19. The second-order valence-corrected chi connectivity index (χ2v) is 15.8. The molecule has 0 spiro atoms. The predicted molar refractivity (Wildman–Crippen MR) is 239 cm³/mol. The van der Waals surface area contributed by atoms with Crippen LogP contribution in [-0.4, -0.2) is 19.1 Å². The van der Waals surface area contributed by atoms with Crippen LogP contribution in [-0.2, 0) is 0 Å². The Balaban J connectivity index is 0.842. The Kier molecular flexibility index (Phi) is 10.6. The maximum absolute atomic E-state index is 6.44. The summed E-state index contributed by atoms with van der Waals surface area (Å²) in [6.07, 6.45) is 14.4. The highest BCUT2D eigenvalue weighted by atomic mass is 15.2. The number of nitrogens with one attached hydrogen (secondary N) is 2. The lowest BCUT2D eigenvalue weighted by atomic mass is 9.87. The van der Waals surface area contributed by atoms with Gasteiger partial charge in [-0.2, -0.15) is 4.57 Å². The highest BCUT2D eigenvalue weighted by molar-refractivity contribution is 5.93. The topological polar surface area (TPSA) is 83.2 Å². The number of rotatable bonds is 13.